The van der Waals surface area contributed by atoms with Crippen molar-refractivity contribution in [2.45, 2.75) is 45.8 Å². The summed E-state index contributed by atoms with van der Waals surface area (Å²) in [6, 6.07) is 3.39. The highest BCUT2D eigenvalue weighted by Crippen LogP contribution is 2.28. The summed E-state index contributed by atoms with van der Waals surface area (Å²) in [6.07, 6.45) is 0.681. The molecule has 0 unspecified atom stereocenters. The molecule has 2 heterocycles. The number of imide groups is 1. The molecule has 1 N–H and O–H groups in total. The topological polar surface area (TPSA) is 70.1 Å². The lowest BCUT2D eigenvalue weighted by Crippen LogP contribution is -2.41. The van der Waals surface area contributed by atoms with Gasteiger partial charge in [-0.1, -0.05) is 12.1 Å². The van der Waals surface area contributed by atoms with Crippen LogP contribution >= 0.6 is 0 Å². The molecule has 3 amide bonds. The number of aliphatic hydroxyl groups excluding tert-OH is 1. The monoisotopic (exact) mass is 332 g/mol. The molecule has 0 radical (unpaired) electrons. The van der Waals surface area contributed by atoms with Gasteiger partial charge >= 0.3 is 6.03 Å². The van der Waals surface area contributed by atoms with E-state index in [0.717, 1.165) is 40.2 Å². The van der Waals surface area contributed by atoms with Gasteiger partial charge in [-0.3, -0.25) is 9.69 Å². The number of nitrogens with zero attached hydrogens (tertiary/aromatic N) is 2. The Morgan fingerprint density at radius 1 is 1.25 bits per heavy atom. The van der Waals surface area contributed by atoms with Gasteiger partial charge in [-0.15, -0.1) is 0 Å². The van der Waals surface area contributed by atoms with Gasteiger partial charge in [-0.05, 0) is 50.3 Å². The molecule has 3 rings (SSSR count). The number of hydrogen-bond donors (Lipinski definition) is 1. The number of benzene rings is 1. The Morgan fingerprint density at radius 2 is 1.96 bits per heavy atom. The maximum Gasteiger partial charge on any atom is 0.327 e. The zero-order chi connectivity index (χ0) is 17.4. The fourth-order valence-corrected chi connectivity index (χ4v) is 3.44. The number of ether oxygens (including phenoxy) is 1. The van der Waals surface area contributed by atoms with Gasteiger partial charge in [0.1, 0.15) is 24.5 Å². The van der Waals surface area contributed by atoms with E-state index in [0.29, 0.717) is 6.54 Å². The van der Waals surface area contributed by atoms with Crippen LogP contribution in [-0.2, 0) is 4.79 Å². The molecule has 24 heavy (non-hydrogen) atoms. The first-order valence-electron chi connectivity index (χ1n) is 8.39. The Kier molecular flexibility index (Phi) is 4.49. The summed E-state index contributed by atoms with van der Waals surface area (Å²) in [4.78, 5) is 27.3. The van der Waals surface area contributed by atoms with Gasteiger partial charge in [0, 0.05) is 6.54 Å². The zero-order valence-electron chi connectivity index (χ0n) is 14.4. The van der Waals surface area contributed by atoms with Crippen molar-refractivity contribution < 1.29 is 19.4 Å². The van der Waals surface area contributed by atoms with Gasteiger partial charge in [0.05, 0.1) is 6.54 Å². The van der Waals surface area contributed by atoms with E-state index in [4.69, 9.17) is 4.74 Å². The summed E-state index contributed by atoms with van der Waals surface area (Å²) in [6.45, 7) is 6.59. The van der Waals surface area contributed by atoms with Gasteiger partial charge < -0.3 is 14.7 Å². The smallest absolute Gasteiger partial charge is 0.327 e. The second-order valence-electron chi connectivity index (χ2n) is 6.70. The third-order valence-electron chi connectivity index (χ3n) is 4.97. The van der Waals surface area contributed by atoms with Crippen molar-refractivity contribution in [3.63, 3.8) is 0 Å². The van der Waals surface area contributed by atoms with E-state index >= 15 is 0 Å². The van der Waals surface area contributed by atoms with Crippen LogP contribution in [0.3, 0.4) is 0 Å². The van der Waals surface area contributed by atoms with Crippen LogP contribution in [0.25, 0.3) is 0 Å². The van der Waals surface area contributed by atoms with Crippen LogP contribution in [0, 0.1) is 20.8 Å². The minimum absolute atomic E-state index is 0.0193. The normalized spacial score (nSPS) is 21.4. The number of aliphatic hydroxyl groups is 1. The largest absolute Gasteiger partial charge is 0.490 e. The van der Waals surface area contributed by atoms with Crippen molar-refractivity contribution in [3.05, 3.63) is 28.8 Å². The standard InChI is InChI=1S/C18H24N2O4/c1-11-6-7-12(2)16(13(11)3)24-10-14(21)9-20-17(22)15-5-4-8-19(15)18(20)23/h6-7,14-15,21H,4-5,8-10H2,1-3H3/t14-,15+/m0/s1. The van der Waals surface area contributed by atoms with Crippen LogP contribution in [0.2, 0.25) is 0 Å². The molecule has 1 aromatic carbocycles. The second kappa shape index (κ2) is 6.43. The highest BCUT2D eigenvalue weighted by atomic mass is 16.5. The highest BCUT2D eigenvalue weighted by Gasteiger charge is 2.47. The average Bonchev–Trinajstić information content (AvgIpc) is 3.11. The number of amides is 3. The molecule has 2 fully saturated rings. The second-order valence-corrected chi connectivity index (χ2v) is 6.70. The van der Waals surface area contributed by atoms with E-state index in [2.05, 4.69) is 0 Å². The van der Waals surface area contributed by atoms with E-state index in [1.807, 2.05) is 32.9 Å². The van der Waals surface area contributed by atoms with E-state index in [1.165, 1.54) is 0 Å². The quantitative estimate of drug-likeness (QED) is 0.835. The summed E-state index contributed by atoms with van der Waals surface area (Å²) in [5, 5.41) is 10.2. The lowest BCUT2D eigenvalue weighted by Gasteiger charge is -2.21. The summed E-state index contributed by atoms with van der Waals surface area (Å²) >= 11 is 0. The van der Waals surface area contributed by atoms with Crippen molar-refractivity contribution in [2.24, 2.45) is 0 Å². The molecular weight excluding hydrogens is 308 g/mol. The van der Waals surface area contributed by atoms with Crippen LogP contribution in [0.1, 0.15) is 29.5 Å². The summed E-state index contributed by atoms with van der Waals surface area (Å²) < 4.78 is 5.77. The molecule has 2 aliphatic heterocycles. The Hall–Kier alpha value is -2.08. The fourth-order valence-electron chi connectivity index (χ4n) is 3.44. The maximum atomic E-state index is 12.3. The molecule has 130 valence electrons. The van der Waals surface area contributed by atoms with Gasteiger partial charge in [-0.2, -0.15) is 0 Å². The molecule has 2 atom stereocenters. The number of fused-ring (bicyclic) bond motifs is 1. The number of carbonyl (C=O) groups is 2. The van der Waals surface area contributed by atoms with Gasteiger partial charge in [-0.25, -0.2) is 4.79 Å². The van der Waals surface area contributed by atoms with Gasteiger partial charge in [0.2, 0.25) is 0 Å². The number of carbonyl (C=O) groups excluding carboxylic acids is 2. The zero-order valence-corrected chi connectivity index (χ0v) is 14.4. The van der Waals surface area contributed by atoms with Crippen molar-refractivity contribution in [2.75, 3.05) is 19.7 Å². The lowest BCUT2D eigenvalue weighted by molar-refractivity contribution is -0.129. The van der Waals surface area contributed by atoms with Crippen LogP contribution in [0.15, 0.2) is 12.1 Å². The Balaban J connectivity index is 1.61. The minimum Gasteiger partial charge on any atom is -0.490 e. The summed E-state index contributed by atoms with van der Waals surface area (Å²) in [5.74, 6) is 0.563. The lowest BCUT2D eigenvalue weighted by atomic mass is 10.1. The SMILES string of the molecule is Cc1ccc(C)c(OC[C@@H](O)CN2C(=O)[C@H]3CCCN3C2=O)c1C. The maximum absolute atomic E-state index is 12.3. The van der Waals surface area contributed by atoms with E-state index in [9.17, 15) is 14.7 Å². The Bertz CT molecular complexity index is 651. The molecule has 6 heteroatoms. The predicted molar refractivity (Wildman–Crippen MR) is 89.0 cm³/mol. The molecule has 0 saturated carbocycles. The Morgan fingerprint density at radius 3 is 2.67 bits per heavy atom. The number of aryl methyl sites for hydroxylation is 2. The molecule has 1 aromatic rings. The molecule has 0 spiro atoms. The predicted octanol–water partition coefficient (Wildman–Crippen LogP) is 1.78. The Labute approximate surface area is 142 Å². The molecule has 0 aromatic heterocycles. The molecule has 2 saturated heterocycles. The van der Waals surface area contributed by atoms with Crippen molar-refractivity contribution in [3.8, 4) is 5.75 Å². The third kappa shape index (κ3) is 2.86. The fraction of sp³-hybridized carbons (Fsp3) is 0.556. The van der Waals surface area contributed by atoms with Crippen LogP contribution in [-0.4, -0.2) is 58.7 Å². The summed E-state index contributed by atoms with van der Waals surface area (Å²) in [7, 11) is 0. The van der Waals surface area contributed by atoms with Crippen molar-refractivity contribution in [1.82, 2.24) is 9.80 Å². The molecule has 6 nitrogen and oxygen atoms in total. The first-order valence-corrected chi connectivity index (χ1v) is 8.39. The van der Waals surface area contributed by atoms with E-state index < -0.39 is 6.10 Å². The van der Waals surface area contributed by atoms with Gasteiger partial charge in [0.15, 0.2) is 0 Å². The van der Waals surface area contributed by atoms with Crippen LogP contribution in [0.5, 0.6) is 5.75 Å². The van der Waals surface area contributed by atoms with Gasteiger partial charge in [0.25, 0.3) is 5.91 Å². The number of β-amino-alcohol motifs (C(OH)–C–C–N with tert-alkyl or cyclic N) is 1. The number of hydrogen-bond acceptors (Lipinski definition) is 4. The summed E-state index contributed by atoms with van der Waals surface area (Å²) in [5.41, 5.74) is 3.16. The van der Waals surface area contributed by atoms with E-state index in [-0.39, 0.29) is 31.1 Å². The van der Waals surface area contributed by atoms with Crippen LogP contribution < -0.4 is 4.74 Å². The van der Waals surface area contributed by atoms with Crippen molar-refractivity contribution in [1.29, 1.82) is 0 Å². The molecular formula is C18H24N2O4. The first kappa shape index (κ1) is 16.8. The molecule has 0 bridgehead atoms. The molecule has 0 aliphatic carbocycles. The average molecular weight is 332 g/mol. The highest BCUT2D eigenvalue weighted by molar-refractivity contribution is 6.04. The number of urea groups is 1. The van der Waals surface area contributed by atoms with Crippen molar-refractivity contribution >= 4 is 11.9 Å². The first-order chi connectivity index (χ1) is 11.4. The van der Waals surface area contributed by atoms with E-state index in [1.54, 1.807) is 4.90 Å². The third-order valence-corrected chi connectivity index (χ3v) is 4.97. The molecule has 2 aliphatic rings. The number of rotatable bonds is 5. The minimum atomic E-state index is -0.905. The van der Waals surface area contributed by atoms with Crippen LogP contribution in [0.4, 0.5) is 4.79 Å².